The van der Waals surface area contributed by atoms with E-state index in [1.54, 1.807) is 29.5 Å². The van der Waals surface area contributed by atoms with E-state index in [1.807, 2.05) is 0 Å². The third-order valence-corrected chi connectivity index (χ3v) is 8.36. The average molecular weight is 574 g/mol. The van der Waals surface area contributed by atoms with Crippen LogP contribution in [0.1, 0.15) is 24.8 Å². The van der Waals surface area contributed by atoms with Gasteiger partial charge in [-0.2, -0.15) is 0 Å². The van der Waals surface area contributed by atoms with Crippen molar-refractivity contribution >= 4 is 52.4 Å². The SMILES string of the molecule is O=C1CCc2ccc(OCCCCN3CCN(c4cccc5sccc45)CC3)cc2N1C(=O)OCP(=O)(O)O. The second-order valence-corrected chi connectivity index (χ2v) is 12.3. The Balaban J connectivity index is 1.07. The molecule has 0 bridgehead atoms. The molecule has 2 amide bonds. The first kappa shape index (κ1) is 27.6. The molecule has 0 spiro atoms. The van der Waals surface area contributed by atoms with Crippen LogP contribution in [0.2, 0.25) is 0 Å². The number of piperazine rings is 1. The van der Waals surface area contributed by atoms with Gasteiger partial charge in [0.15, 0.2) is 6.35 Å². The van der Waals surface area contributed by atoms with Crippen LogP contribution in [0.4, 0.5) is 16.2 Å². The van der Waals surface area contributed by atoms with Gasteiger partial charge in [0.1, 0.15) is 5.75 Å². The smallest absolute Gasteiger partial charge is 0.421 e. The van der Waals surface area contributed by atoms with Crippen LogP contribution in [-0.2, 0) is 20.5 Å². The van der Waals surface area contributed by atoms with E-state index in [0.29, 0.717) is 24.5 Å². The zero-order chi connectivity index (χ0) is 27.4. The molecular weight excluding hydrogens is 541 g/mol. The number of thiophene rings is 1. The summed E-state index contributed by atoms with van der Waals surface area (Å²) in [6.45, 7) is 5.55. The number of hydrogen-bond acceptors (Lipinski definition) is 8. The summed E-state index contributed by atoms with van der Waals surface area (Å²) in [5.74, 6) is 0.0370. The average Bonchev–Trinajstić information content (AvgIpc) is 3.41. The fourth-order valence-electron chi connectivity index (χ4n) is 5.04. The van der Waals surface area contributed by atoms with E-state index in [9.17, 15) is 14.2 Å². The largest absolute Gasteiger partial charge is 0.494 e. The second-order valence-electron chi connectivity index (χ2n) is 9.72. The van der Waals surface area contributed by atoms with Crippen LogP contribution in [-0.4, -0.2) is 72.4 Å². The zero-order valence-corrected chi connectivity index (χ0v) is 23.2. The summed E-state index contributed by atoms with van der Waals surface area (Å²) in [6, 6.07) is 13.9. The number of rotatable bonds is 9. The quantitative estimate of drug-likeness (QED) is 0.283. The van der Waals surface area contributed by atoms with Crippen LogP contribution in [0, 0.1) is 0 Å². The number of hydrogen-bond donors (Lipinski definition) is 2. The van der Waals surface area contributed by atoms with Crippen molar-refractivity contribution in [1.82, 2.24) is 4.90 Å². The van der Waals surface area contributed by atoms with Gasteiger partial charge < -0.3 is 24.2 Å². The van der Waals surface area contributed by atoms with Crippen LogP contribution in [0.25, 0.3) is 10.1 Å². The summed E-state index contributed by atoms with van der Waals surface area (Å²) in [5.41, 5.74) is 2.42. The van der Waals surface area contributed by atoms with Gasteiger partial charge in [0, 0.05) is 54.4 Å². The first-order valence-electron chi connectivity index (χ1n) is 13.0. The molecule has 0 atom stereocenters. The summed E-state index contributed by atoms with van der Waals surface area (Å²) < 4.78 is 23.0. The first-order chi connectivity index (χ1) is 18.8. The van der Waals surface area contributed by atoms with Gasteiger partial charge in [-0.15, -0.1) is 11.3 Å². The summed E-state index contributed by atoms with van der Waals surface area (Å²) in [7, 11) is -4.55. The maximum Gasteiger partial charge on any atom is 0.421 e. The predicted octanol–water partition coefficient (Wildman–Crippen LogP) is 4.43. The number of anilines is 2. The molecule has 10 nitrogen and oxygen atoms in total. The lowest BCUT2D eigenvalue weighted by molar-refractivity contribution is -0.118. The van der Waals surface area contributed by atoms with Gasteiger partial charge in [0.2, 0.25) is 5.91 Å². The number of ether oxygens (including phenoxy) is 2. The topological polar surface area (TPSA) is 120 Å². The summed E-state index contributed by atoms with van der Waals surface area (Å²) in [5, 5.41) is 3.48. The number of benzene rings is 2. The Morgan fingerprint density at radius 1 is 1.00 bits per heavy atom. The molecule has 1 saturated heterocycles. The Hall–Kier alpha value is -2.95. The Labute approximate surface area is 230 Å². The predicted molar refractivity (Wildman–Crippen MR) is 151 cm³/mol. The highest BCUT2D eigenvalue weighted by molar-refractivity contribution is 7.51. The van der Waals surface area contributed by atoms with Gasteiger partial charge in [0.25, 0.3) is 0 Å². The van der Waals surface area contributed by atoms with Crippen LogP contribution >= 0.6 is 18.9 Å². The molecule has 39 heavy (non-hydrogen) atoms. The molecule has 2 aliphatic heterocycles. The van der Waals surface area contributed by atoms with Gasteiger partial charge in [-0.25, -0.2) is 9.69 Å². The molecule has 1 aromatic heterocycles. The van der Waals surface area contributed by atoms with E-state index in [-0.39, 0.29) is 6.42 Å². The Morgan fingerprint density at radius 2 is 1.82 bits per heavy atom. The summed E-state index contributed by atoms with van der Waals surface area (Å²) in [6.07, 6.45) is 0.236. The summed E-state index contributed by atoms with van der Waals surface area (Å²) in [4.78, 5) is 48.6. The number of imide groups is 1. The fraction of sp³-hybridized carbons (Fsp3) is 0.407. The van der Waals surface area contributed by atoms with Crippen LogP contribution in [0.5, 0.6) is 5.75 Å². The highest BCUT2D eigenvalue weighted by Gasteiger charge is 2.32. The molecule has 2 N–H and O–H groups in total. The first-order valence-corrected chi connectivity index (χ1v) is 15.7. The molecule has 12 heteroatoms. The molecule has 208 valence electrons. The molecule has 3 heterocycles. The van der Waals surface area contributed by atoms with Crippen molar-refractivity contribution in [1.29, 1.82) is 0 Å². The minimum atomic E-state index is -4.55. The minimum Gasteiger partial charge on any atom is -0.494 e. The van der Waals surface area contributed by atoms with E-state index >= 15 is 0 Å². The summed E-state index contributed by atoms with van der Waals surface area (Å²) >= 11 is 1.78. The molecule has 0 radical (unpaired) electrons. The van der Waals surface area contributed by atoms with Crippen molar-refractivity contribution in [3.63, 3.8) is 0 Å². The van der Waals surface area contributed by atoms with E-state index in [2.05, 4.69) is 44.2 Å². The van der Waals surface area contributed by atoms with Crippen molar-refractivity contribution in [2.45, 2.75) is 25.7 Å². The van der Waals surface area contributed by atoms with Gasteiger partial charge in [0.05, 0.1) is 12.3 Å². The highest BCUT2D eigenvalue weighted by Crippen LogP contribution is 2.36. The molecule has 0 aliphatic carbocycles. The number of aryl methyl sites for hydroxylation is 1. The number of carbonyl (C=O) groups excluding carboxylic acids is 2. The Bertz CT molecular complexity index is 1380. The zero-order valence-electron chi connectivity index (χ0n) is 21.5. The second kappa shape index (κ2) is 12.1. The molecule has 0 unspecified atom stereocenters. The highest BCUT2D eigenvalue weighted by atomic mass is 32.1. The normalized spacial score (nSPS) is 16.4. The Kier molecular flexibility index (Phi) is 8.54. The molecule has 5 rings (SSSR count). The number of unbranched alkanes of at least 4 members (excludes halogenated alkanes) is 1. The fourth-order valence-corrected chi connectivity index (χ4v) is 6.12. The van der Waals surface area contributed by atoms with Crippen LogP contribution < -0.4 is 14.5 Å². The maximum atomic E-state index is 12.4. The van der Waals surface area contributed by atoms with Crippen LogP contribution in [0.15, 0.2) is 47.8 Å². The van der Waals surface area contributed by atoms with Crippen molar-refractivity contribution in [2.75, 3.05) is 55.5 Å². The molecule has 0 saturated carbocycles. The number of nitrogens with zero attached hydrogens (tertiary/aromatic N) is 3. The van der Waals surface area contributed by atoms with Gasteiger partial charge in [-0.05, 0) is 61.0 Å². The standard InChI is InChI=1S/C27H32N3O7PS/c31-26-9-7-20-6-8-21(18-24(20)30(26)27(32)37-19-38(33,34)35)36-16-2-1-11-28-12-14-29(15-13-28)23-4-3-5-25-22(23)10-17-39-25/h3-6,8,10,17-18H,1-2,7,9,11-16,19H2,(H2,33,34,35). The van der Waals surface area contributed by atoms with E-state index in [0.717, 1.165) is 56.0 Å². The number of fused-ring (bicyclic) bond motifs is 2. The Morgan fingerprint density at radius 3 is 2.62 bits per heavy atom. The maximum absolute atomic E-state index is 12.4. The van der Waals surface area contributed by atoms with Crippen molar-refractivity contribution in [3.8, 4) is 5.75 Å². The van der Waals surface area contributed by atoms with E-state index < -0.39 is 25.9 Å². The minimum absolute atomic E-state index is 0.107. The lowest BCUT2D eigenvalue weighted by atomic mass is 10.0. The third-order valence-electron chi connectivity index (χ3n) is 7.02. The van der Waals surface area contributed by atoms with Gasteiger partial charge in [-0.1, -0.05) is 12.1 Å². The van der Waals surface area contributed by atoms with Crippen molar-refractivity contribution < 1.29 is 33.4 Å². The molecule has 1 fully saturated rings. The number of amides is 2. The van der Waals surface area contributed by atoms with Gasteiger partial charge in [-0.3, -0.25) is 14.3 Å². The molecule has 2 aliphatic rings. The van der Waals surface area contributed by atoms with E-state index in [4.69, 9.17) is 14.5 Å². The third kappa shape index (κ3) is 6.80. The lowest BCUT2D eigenvalue weighted by Crippen LogP contribution is -2.46. The van der Waals surface area contributed by atoms with Gasteiger partial charge >= 0.3 is 13.7 Å². The van der Waals surface area contributed by atoms with Crippen molar-refractivity contribution in [2.24, 2.45) is 0 Å². The molecule has 3 aromatic rings. The lowest BCUT2D eigenvalue weighted by Gasteiger charge is -2.36. The monoisotopic (exact) mass is 573 g/mol. The van der Waals surface area contributed by atoms with E-state index in [1.165, 1.54) is 15.8 Å². The van der Waals surface area contributed by atoms with Crippen molar-refractivity contribution in [3.05, 3.63) is 53.4 Å². The molecule has 2 aromatic carbocycles. The molecular formula is C27H32N3O7PS. The van der Waals surface area contributed by atoms with Crippen LogP contribution in [0.3, 0.4) is 0 Å². The number of carbonyl (C=O) groups is 2.